The minimum atomic E-state index is -1.65. The van der Waals surface area contributed by atoms with Gasteiger partial charge in [0.05, 0.1) is 12.2 Å². The molecule has 0 bridgehead atoms. The first-order valence-corrected chi connectivity index (χ1v) is 16.4. The number of likely N-dealkylation sites (N-methyl/N-ethyl adjacent to an activating group) is 2. The predicted molar refractivity (Wildman–Crippen MR) is 171 cm³/mol. The minimum Gasteiger partial charge on any atom is -0.426 e. The van der Waals surface area contributed by atoms with E-state index >= 15 is 0 Å². The lowest BCUT2D eigenvalue weighted by molar-refractivity contribution is -0.102. The van der Waals surface area contributed by atoms with Crippen LogP contribution in [0.4, 0.5) is 0 Å². The van der Waals surface area contributed by atoms with Crippen LogP contribution in [0.5, 0.6) is 5.75 Å². The van der Waals surface area contributed by atoms with Crippen LogP contribution in [0, 0.1) is 0 Å². The predicted octanol–water partition coefficient (Wildman–Crippen LogP) is 9.22. The molecule has 2 saturated heterocycles. The van der Waals surface area contributed by atoms with Crippen molar-refractivity contribution in [3.63, 3.8) is 0 Å². The number of nitrogens with zero attached hydrogens (tertiary/aromatic N) is 2. The first-order chi connectivity index (χ1) is 17.9. The quantitative estimate of drug-likeness (QED) is 0.315. The molecule has 0 saturated carbocycles. The van der Waals surface area contributed by atoms with Gasteiger partial charge < -0.3 is 4.52 Å². The van der Waals surface area contributed by atoms with E-state index in [9.17, 15) is 0 Å². The molecule has 40 heavy (non-hydrogen) atoms. The Balaban J connectivity index is 2.01. The van der Waals surface area contributed by atoms with Gasteiger partial charge in [-0.3, -0.25) is 18.8 Å². The van der Waals surface area contributed by atoms with E-state index in [4.69, 9.17) is 13.6 Å². The highest BCUT2D eigenvalue weighted by atomic mass is 31.2. The lowest BCUT2D eigenvalue weighted by Gasteiger charge is -2.56. The highest BCUT2D eigenvalue weighted by molar-refractivity contribution is 7.42. The Morgan fingerprint density at radius 3 is 1.50 bits per heavy atom. The Kier molecular flexibility index (Phi) is 9.37. The van der Waals surface area contributed by atoms with E-state index in [-0.39, 0.29) is 45.2 Å². The van der Waals surface area contributed by atoms with Crippen molar-refractivity contribution in [1.82, 2.24) is 9.80 Å². The van der Waals surface area contributed by atoms with E-state index in [2.05, 4.69) is 139 Å². The standard InChI is InChI=1S/C34H61N2O3P/c1-29(2,3)24-17-18-26(25(23-24)30(4,5)6)37-40(38-27-19-21-31(7,8)35(15)33(27,11)12)39-28-20-22-32(9,10)36(16)34(28,13)14/h17-18,23,27-28H,19-22H2,1-16H3. The van der Waals surface area contributed by atoms with Crippen molar-refractivity contribution in [3.05, 3.63) is 29.3 Å². The fraction of sp³-hybridized carbons (Fsp3) is 0.824. The van der Waals surface area contributed by atoms with Crippen molar-refractivity contribution in [2.24, 2.45) is 0 Å². The van der Waals surface area contributed by atoms with Crippen molar-refractivity contribution in [1.29, 1.82) is 0 Å². The minimum absolute atomic E-state index is 0.00412. The van der Waals surface area contributed by atoms with Crippen LogP contribution in [0.15, 0.2) is 18.2 Å². The van der Waals surface area contributed by atoms with Gasteiger partial charge in [0, 0.05) is 27.7 Å². The molecule has 0 aliphatic carbocycles. The molecular formula is C34H61N2O3P. The number of piperidine rings is 2. The molecule has 0 spiro atoms. The van der Waals surface area contributed by atoms with Crippen molar-refractivity contribution in [2.45, 2.75) is 168 Å². The summed E-state index contributed by atoms with van der Waals surface area (Å²) in [5.74, 6) is 0.871. The Morgan fingerprint density at radius 1 is 0.700 bits per heavy atom. The van der Waals surface area contributed by atoms with Crippen molar-refractivity contribution in [2.75, 3.05) is 14.1 Å². The van der Waals surface area contributed by atoms with Crippen LogP contribution in [-0.2, 0) is 19.9 Å². The van der Waals surface area contributed by atoms with E-state index < -0.39 is 8.60 Å². The lowest BCUT2D eigenvalue weighted by atomic mass is 9.78. The summed E-state index contributed by atoms with van der Waals surface area (Å²) in [6, 6.07) is 6.68. The van der Waals surface area contributed by atoms with Gasteiger partial charge in [-0.1, -0.05) is 53.7 Å². The molecule has 0 N–H and O–H groups in total. The first kappa shape index (κ1) is 33.8. The van der Waals surface area contributed by atoms with E-state index in [1.807, 2.05) is 0 Å². The van der Waals surface area contributed by atoms with Gasteiger partial charge in [-0.2, -0.15) is 0 Å². The fourth-order valence-electron chi connectivity index (χ4n) is 6.38. The molecule has 0 aromatic heterocycles. The van der Waals surface area contributed by atoms with E-state index in [0.29, 0.717) is 0 Å². The molecule has 230 valence electrons. The zero-order chi connectivity index (χ0) is 30.7. The molecule has 0 radical (unpaired) electrons. The molecule has 6 heteroatoms. The second-order valence-electron chi connectivity index (χ2n) is 16.8. The Bertz CT molecular complexity index is 991. The molecule has 1 aromatic carbocycles. The molecule has 5 nitrogen and oxygen atoms in total. The average Bonchev–Trinajstić information content (AvgIpc) is 2.79. The highest BCUT2D eigenvalue weighted by Gasteiger charge is 2.50. The van der Waals surface area contributed by atoms with Crippen LogP contribution in [0.1, 0.15) is 134 Å². The molecule has 2 heterocycles. The third-order valence-electron chi connectivity index (χ3n) is 10.4. The Morgan fingerprint density at radius 2 is 1.12 bits per heavy atom. The summed E-state index contributed by atoms with van der Waals surface area (Å²) in [6.45, 7) is 32.1. The van der Waals surface area contributed by atoms with Gasteiger partial charge in [-0.05, 0) is 118 Å². The highest BCUT2D eigenvalue weighted by Crippen LogP contribution is 2.53. The topological polar surface area (TPSA) is 34.2 Å². The van der Waals surface area contributed by atoms with E-state index in [0.717, 1.165) is 31.4 Å². The third-order valence-corrected chi connectivity index (χ3v) is 11.6. The first-order valence-electron chi connectivity index (χ1n) is 15.4. The maximum atomic E-state index is 6.98. The smallest absolute Gasteiger partial charge is 0.397 e. The van der Waals surface area contributed by atoms with Crippen molar-refractivity contribution >= 4 is 8.60 Å². The molecular weight excluding hydrogens is 515 g/mol. The van der Waals surface area contributed by atoms with Crippen molar-refractivity contribution in [3.8, 4) is 5.75 Å². The fourth-order valence-corrected chi connectivity index (χ4v) is 7.98. The van der Waals surface area contributed by atoms with Crippen LogP contribution in [-0.4, -0.2) is 58.3 Å². The summed E-state index contributed by atoms with van der Waals surface area (Å²) in [6.07, 6.45) is 4.10. The average molecular weight is 577 g/mol. The summed E-state index contributed by atoms with van der Waals surface area (Å²) >= 11 is 0. The number of benzene rings is 1. The monoisotopic (exact) mass is 576 g/mol. The second-order valence-corrected chi connectivity index (χ2v) is 17.9. The van der Waals surface area contributed by atoms with Gasteiger partial charge in [-0.25, -0.2) is 0 Å². The summed E-state index contributed by atoms with van der Waals surface area (Å²) in [5.41, 5.74) is 2.42. The van der Waals surface area contributed by atoms with Gasteiger partial charge in [-0.15, -0.1) is 0 Å². The summed E-state index contributed by atoms with van der Waals surface area (Å²) in [4.78, 5) is 4.95. The van der Waals surface area contributed by atoms with E-state index in [1.165, 1.54) is 11.1 Å². The van der Waals surface area contributed by atoms with Crippen LogP contribution in [0.25, 0.3) is 0 Å². The second kappa shape index (κ2) is 11.1. The number of hydrogen-bond acceptors (Lipinski definition) is 5. The van der Waals surface area contributed by atoms with E-state index in [1.54, 1.807) is 0 Å². The van der Waals surface area contributed by atoms with Crippen LogP contribution >= 0.6 is 8.60 Å². The van der Waals surface area contributed by atoms with Crippen LogP contribution < -0.4 is 4.52 Å². The third kappa shape index (κ3) is 6.91. The Labute approximate surface area is 248 Å². The lowest BCUT2D eigenvalue weighted by Crippen LogP contribution is -2.63. The maximum Gasteiger partial charge on any atom is 0.397 e. The molecule has 1 aromatic rings. The van der Waals surface area contributed by atoms with Crippen LogP contribution in [0.2, 0.25) is 0 Å². The van der Waals surface area contributed by atoms with Gasteiger partial charge in [0.15, 0.2) is 0 Å². The van der Waals surface area contributed by atoms with Gasteiger partial charge in [0.2, 0.25) is 0 Å². The van der Waals surface area contributed by atoms with Gasteiger partial charge in [0.25, 0.3) is 0 Å². The molecule has 2 aliphatic heterocycles. The maximum absolute atomic E-state index is 6.98. The SMILES string of the molecule is CN1C(C)(C)CCC(OP(Oc2ccc(C(C)(C)C)cc2C(C)(C)C)OC2CCC(C)(C)N(C)C2(C)C)C1(C)C. The molecule has 2 atom stereocenters. The zero-order valence-corrected chi connectivity index (χ0v) is 29.7. The molecule has 3 rings (SSSR count). The zero-order valence-electron chi connectivity index (χ0n) is 28.8. The van der Waals surface area contributed by atoms with Crippen LogP contribution in [0.3, 0.4) is 0 Å². The summed E-state index contributed by atoms with van der Waals surface area (Å²) < 4.78 is 20.9. The van der Waals surface area contributed by atoms with Gasteiger partial charge in [0.1, 0.15) is 5.75 Å². The number of likely N-dealkylation sites (tertiary alicyclic amines) is 2. The largest absolute Gasteiger partial charge is 0.426 e. The molecule has 2 unspecified atom stereocenters. The van der Waals surface area contributed by atoms with Gasteiger partial charge >= 0.3 is 8.60 Å². The molecule has 2 aliphatic rings. The summed E-state index contributed by atoms with van der Waals surface area (Å²) in [7, 11) is 2.80. The number of rotatable bonds is 6. The molecule has 2 fully saturated rings. The normalized spacial score (nSPS) is 27.8. The molecule has 0 amide bonds. The Hall–Kier alpha value is -0.710. The van der Waals surface area contributed by atoms with Crippen molar-refractivity contribution < 1.29 is 13.6 Å². The number of hydrogen-bond donors (Lipinski definition) is 0. The summed E-state index contributed by atoms with van der Waals surface area (Å²) in [5, 5.41) is 0.